The van der Waals surface area contributed by atoms with Crippen molar-refractivity contribution < 1.29 is 14.1 Å². The fraction of sp³-hybridized carbons (Fsp3) is 0.316. The van der Waals surface area contributed by atoms with Crippen molar-refractivity contribution in [2.24, 2.45) is 0 Å². The summed E-state index contributed by atoms with van der Waals surface area (Å²) in [7, 11) is 1.62. The molecule has 7 nitrogen and oxygen atoms in total. The van der Waals surface area contributed by atoms with Gasteiger partial charge in [-0.2, -0.15) is 5.10 Å². The van der Waals surface area contributed by atoms with Crippen molar-refractivity contribution in [1.82, 2.24) is 14.9 Å². The summed E-state index contributed by atoms with van der Waals surface area (Å²) in [5.74, 6) is 1.45. The molecule has 1 amide bonds. The zero-order valence-electron chi connectivity index (χ0n) is 15.4. The third-order valence-electron chi connectivity index (χ3n) is 4.26. The first-order chi connectivity index (χ1) is 12.5. The number of aromatic nitrogens is 3. The van der Waals surface area contributed by atoms with Crippen molar-refractivity contribution in [3.63, 3.8) is 0 Å². The average molecular weight is 354 g/mol. The lowest BCUT2D eigenvalue weighted by molar-refractivity contribution is -0.115. The van der Waals surface area contributed by atoms with E-state index in [0.717, 1.165) is 33.9 Å². The van der Waals surface area contributed by atoms with Gasteiger partial charge in [0.2, 0.25) is 5.91 Å². The summed E-state index contributed by atoms with van der Waals surface area (Å²) in [6, 6.07) is 5.76. The second kappa shape index (κ2) is 7.43. The molecule has 0 atom stereocenters. The minimum atomic E-state index is -0.104. The highest BCUT2D eigenvalue weighted by atomic mass is 16.5. The summed E-state index contributed by atoms with van der Waals surface area (Å²) in [6.45, 7) is 6.29. The van der Waals surface area contributed by atoms with Gasteiger partial charge in [0.25, 0.3) is 0 Å². The average Bonchev–Trinajstić information content (AvgIpc) is 3.18. The van der Waals surface area contributed by atoms with Crippen LogP contribution in [0, 0.1) is 20.8 Å². The number of amides is 1. The summed E-state index contributed by atoms with van der Waals surface area (Å²) in [5.41, 5.74) is 4.43. The van der Waals surface area contributed by atoms with Gasteiger partial charge in [0.15, 0.2) is 0 Å². The molecule has 0 fully saturated rings. The minimum Gasteiger partial charge on any atom is -0.496 e. The second-order valence-electron chi connectivity index (χ2n) is 6.26. The number of rotatable bonds is 6. The van der Waals surface area contributed by atoms with E-state index in [1.807, 2.05) is 39.0 Å². The lowest BCUT2D eigenvalue weighted by Crippen LogP contribution is -2.14. The summed E-state index contributed by atoms with van der Waals surface area (Å²) >= 11 is 0. The largest absolute Gasteiger partial charge is 0.496 e. The molecule has 1 N–H and O–H groups in total. The van der Waals surface area contributed by atoms with E-state index < -0.39 is 0 Å². The van der Waals surface area contributed by atoms with E-state index in [2.05, 4.69) is 15.6 Å². The van der Waals surface area contributed by atoms with Gasteiger partial charge in [-0.05, 0) is 38.0 Å². The van der Waals surface area contributed by atoms with E-state index >= 15 is 0 Å². The van der Waals surface area contributed by atoms with E-state index in [4.69, 9.17) is 9.26 Å². The predicted molar refractivity (Wildman–Crippen MR) is 97.4 cm³/mol. The Bertz CT molecular complexity index is 907. The Labute approximate surface area is 151 Å². The predicted octanol–water partition coefficient (Wildman–Crippen LogP) is 3.03. The molecule has 1 aromatic carbocycles. The van der Waals surface area contributed by atoms with Gasteiger partial charge < -0.3 is 14.6 Å². The Morgan fingerprint density at radius 1 is 1.31 bits per heavy atom. The van der Waals surface area contributed by atoms with Crippen LogP contribution in [-0.2, 0) is 17.8 Å². The van der Waals surface area contributed by atoms with Crippen molar-refractivity contribution in [2.45, 2.75) is 33.7 Å². The molecule has 26 heavy (non-hydrogen) atoms. The molecule has 0 unspecified atom stereocenters. The fourth-order valence-electron chi connectivity index (χ4n) is 2.77. The molecule has 0 aliphatic heterocycles. The zero-order valence-corrected chi connectivity index (χ0v) is 15.4. The van der Waals surface area contributed by atoms with E-state index in [0.29, 0.717) is 12.2 Å². The molecule has 0 spiro atoms. The number of methoxy groups -OCH3 is 1. The van der Waals surface area contributed by atoms with Crippen molar-refractivity contribution >= 4 is 11.6 Å². The number of aryl methyl sites for hydroxylation is 3. The summed E-state index contributed by atoms with van der Waals surface area (Å²) in [4.78, 5) is 12.3. The van der Waals surface area contributed by atoms with Crippen molar-refractivity contribution in [1.29, 1.82) is 0 Å². The third-order valence-corrected chi connectivity index (χ3v) is 4.26. The van der Waals surface area contributed by atoms with Gasteiger partial charge in [-0.25, -0.2) is 0 Å². The first-order valence-electron chi connectivity index (χ1n) is 8.34. The smallest absolute Gasteiger partial charge is 0.228 e. The monoisotopic (exact) mass is 354 g/mol. The molecule has 0 radical (unpaired) electrons. The van der Waals surface area contributed by atoms with Crippen LogP contribution < -0.4 is 10.1 Å². The highest BCUT2D eigenvalue weighted by Crippen LogP contribution is 2.20. The van der Waals surface area contributed by atoms with Gasteiger partial charge in [0, 0.05) is 11.8 Å². The topological polar surface area (TPSA) is 82.2 Å². The molecule has 7 heteroatoms. The number of nitrogens with zero attached hydrogens (tertiary/aromatic N) is 3. The molecule has 2 heterocycles. The molecule has 3 rings (SSSR count). The van der Waals surface area contributed by atoms with Crippen LogP contribution in [0.25, 0.3) is 0 Å². The first-order valence-corrected chi connectivity index (χ1v) is 8.34. The SMILES string of the molecule is COc1cc(CC(=O)Nc2cnn(Cc3c(C)noc3C)c2)ccc1C. The number of carbonyl (C=O) groups excluding carboxylic acids is 1. The molecular formula is C19H22N4O3. The summed E-state index contributed by atoms with van der Waals surface area (Å²) < 4.78 is 12.2. The van der Waals surface area contributed by atoms with Gasteiger partial charge >= 0.3 is 0 Å². The quantitative estimate of drug-likeness (QED) is 0.736. The van der Waals surface area contributed by atoms with Crippen LogP contribution in [0.5, 0.6) is 5.75 Å². The Kier molecular flexibility index (Phi) is 5.06. The van der Waals surface area contributed by atoms with Gasteiger partial charge in [-0.3, -0.25) is 9.48 Å². The molecule has 3 aromatic rings. The van der Waals surface area contributed by atoms with Crippen LogP contribution in [0.15, 0.2) is 35.1 Å². The molecule has 0 aliphatic carbocycles. The molecule has 0 aliphatic rings. The highest BCUT2D eigenvalue weighted by Gasteiger charge is 2.12. The van der Waals surface area contributed by atoms with Crippen LogP contribution in [0.3, 0.4) is 0 Å². The molecule has 2 aromatic heterocycles. The summed E-state index contributed by atoms with van der Waals surface area (Å²) in [6.07, 6.45) is 3.69. The third kappa shape index (κ3) is 3.93. The van der Waals surface area contributed by atoms with Crippen molar-refractivity contribution in [2.75, 3.05) is 12.4 Å². The Balaban J connectivity index is 1.63. The molecule has 0 bridgehead atoms. The molecule has 0 saturated heterocycles. The fourth-order valence-corrected chi connectivity index (χ4v) is 2.77. The number of ether oxygens (including phenoxy) is 1. The normalized spacial score (nSPS) is 10.8. The summed E-state index contributed by atoms with van der Waals surface area (Å²) in [5, 5.41) is 11.1. The maximum Gasteiger partial charge on any atom is 0.228 e. The number of nitrogens with one attached hydrogen (secondary N) is 1. The number of benzene rings is 1. The van der Waals surface area contributed by atoms with Crippen LogP contribution in [0.2, 0.25) is 0 Å². The first kappa shape index (κ1) is 17.7. The Morgan fingerprint density at radius 3 is 2.81 bits per heavy atom. The minimum absolute atomic E-state index is 0.104. The highest BCUT2D eigenvalue weighted by molar-refractivity contribution is 5.92. The van der Waals surface area contributed by atoms with E-state index in [1.165, 1.54) is 0 Å². The van der Waals surface area contributed by atoms with Gasteiger partial charge in [-0.15, -0.1) is 0 Å². The number of hydrogen-bond acceptors (Lipinski definition) is 5. The van der Waals surface area contributed by atoms with E-state index in [-0.39, 0.29) is 12.3 Å². The van der Waals surface area contributed by atoms with Crippen LogP contribution in [0.1, 0.15) is 28.1 Å². The lowest BCUT2D eigenvalue weighted by Gasteiger charge is -2.07. The maximum atomic E-state index is 12.3. The molecular weight excluding hydrogens is 332 g/mol. The van der Waals surface area contributed by atoms with E-state index in [9.17, 15) is 4.79 Å². The zero-order chi connectivity index (χ0) is 18.7. The van der Waals surface area contributed by atoms with Crippen LogP contribution >= 0.6 is 0 Å². The molecule has 0 saturated carbocycles. The Hall–Kier alpha value is -3.09. The number of carbonyl (C=O) groups is 1. The number of anilines is 1. The van der Waals surface area contributed by atoms with Gasteiger partial charge in [0.1, 0.15) is 11.5 Å². The maximum absolute atomic E-state index is 12.3. The Morgan fingerprint density at radius 2 is 2.12 bits per heavy atom. The number of hydrogen-bond donors (Lipinski definition) is 1. The van der Waals surface area contributed by atoms with Crippen molar-refractivity contribution in [3.05, 3.63) is 58.7 Å². The van der Waals surface area contributed by atoms with Gasteiger partial charge in [-0.1, -0.05) is 17.3 Å². The van der Waals surface area contributed by atoms with Gasteiger partial charge in [0.05, 0.1) is 37.7 Å². The van der Waals surface area contributed by atoms with E-state index in [1.54, 1.807) is 24.2 Å². The van der Waals surface area contributed by atoms with Crippen LogP contribution in [0.4, 0.5) is 5.69 Å². The van der Waals surface area contributed by atoms with Crippen LogP contribution in [-0.4, -0.2) is 28.0 Å². The molecule has 136 valence electrons. The lowest BCUT2D eigenvalue weighted by atomic mass is 10.1. The second-order valence-corrected chi connectivity index (χ2v) is 6.26. The standard InChI is InChI=1S/C19H22N4O3/c1-12-5-6-15(7-18(12)25-4)8-19(24)21-16-9-20-23(10-16)11-17-13(2)22-26-14(17)3/h5-7,9-10H,8,11H2,1-4H3,(H,21,24). The van der Waals surface area contributed by atoms with Crippen molar-refractivity contribution in [3.8, 4) is 5.75 Å².